The molecule has 3 aromatic rings. The lowest BCUT2D eigenvalue weighted by Crippen LogP contribution is -2.41. The maximum atomic E-state index is 12.6. The fraction of sp³-hybridized carbons (Fsp3) is 0.130. The van der Waals surface area contributed by atoms with Crippen molar-refractivity contribution < 1.29 is 14.3 Å². The summed E-state index contributed by atoms with van der Waals surface area (Å²) in [5.41, 5.74) is 1.77. The maximum Gasteiger partial charge on any atom is 0.253 e. The average molecular weight is 469 g/mol. The number of pyridine rings is 1. The summed E-state index contributed by atoms with van der Waals surface area (Å²) >= 11 is 12.0. The first-order valence-electron chi connectivity index (χ1n) is 9.49. The summed E-state index contributed by atoms with van der Waals surface area (Å²) in [6, 6.07) is 14.2. The van der Waals surface area contributed by atoms with Crippen LogP contribution in [0.25, 0.3) is 0 Å². The molecule has 0 fully saturated rings. The van der Waals surface area contributed by atoms with Crippen LogP contribution in [0.15, 0.2) is 54.7 Å². The Kier molecular flexibility index (Phi) is 7.31. The standard InChI is InChI=1S/C23H18Cl2N4O3/c1-13-11-16(32-23-15(12-26)5-4-10-27-23)8-9-19(13)29-21(30)14(2)28-22(31)17-6-3-7-18(24)20(17)25/h3-11,14H,1-2H3,(H,28,31)(H,29,30). The highest BCUT2D eigenvalue weighted by atomic mass is 35.5. The number of anilines is 1. The van der Waals surface area contributed by atoms with Crippen LogP contribution in [0.5, 0.6) is 11.6 Å². The van der Waals surface area contributed by atoms with E-state index in [9.17, 15) is 9.59 Å². The molecule has 2 aromatic carbocycles. The van der Waals surface area contributed by atoms with E-state index in [2.05, 4.69) is 15.6 Å². The van der Waals surface area contributed by atoms with Gasteiger partial charge in [-0.3, -0.25) is 9.59 Å². The first-order chi connectivity index (χ1) is 15.3. The van der Waals surface area contributed by atoms with Crippen molar-refractivity contribution in [2.75, 3.05) is 5.32 Å². The van der Waals surface area contributed by atoms with Gasteiger partial charge in [0.05, 0.1) is 15.6 Å². The third kappa shape index (κ3) is 5.35. The molecule has 9 heteroatoms. The van der Waals surface area contributed by atoms with Gasteiger partial charge in [-0.1, -0.05) is 29.3 Å². The molecule has 0 radical (unpaired) electrons. The van der Waals surface area contributed by atoms with E-state index in [0.29, 0.717) is 17.0 Å². The van der Waals surface area contributed by atoms with Crippen molar-refractivity contribution in [3.63, 3.8) is 0 Å². The lowest BCUT2D eigenvalue weighted by Gasteiger charge is -2.16. The van der Waals surface area contributed by atoms with Crippen molar-refractivity contribution in [1.82, 2.24) is 10.3 Å². The summed E-state index contributed by atoms with van der Waals surface area (Å²) < 4.78 is 5.68. The molecule has 162 valence electrons. The second-order valence-electron chi connectivity index (χ2n) is 6.83. The molecule has 32 heavy (non-hydrogen) atoms. The monoisotopic (exact) mass is 468 g/mol. The van der Waals surface area contributed by atoms with Crippen LogP contribution in [0.1, 0.15) is 28.4 Å². The van der Waals surface area contributed by atoms with Gasteiger partial charge in [-0.2, -0.15) is 5.26 Å². The molecule has 1 atom stereocenters. The van der Waals surface area contributed by atoms with Crippen LogP contribution in [0, 0.1) is 18.3 Å². The lowest BCUT2D eigenvalue weighted by atomic mass is 10.1. The Labute approximate surface area is 194 Å². The molecule has 0 saturated heterocycles. The fourth-order valence-corrected chi connectivity index (χ4v) is 3.16. The van der Waals surface area contributed by atoms with Crippen LogP contribution in [0.2, 0.25) is 10.0 Å². The topological polar surface area (TPSA) is 104 Å². The molecule has 0 aliphatic carbocycles. The largest absolute Gasteiger partial charge is 0.438 e. The number of ether oxygens (including phenoxy) is 1. The Morgan fingerprint density at radius 2 is 1.94 bits per heavy atom. The highest BCUT2D eigenvalue weighted by Crippen LogP contribution is 2.27. The van der Waals surface area contributed by atoms with Gasteiger partial charge in [0.2, 0.25) is 11.8 Å². The second-order valence-corrected chi connectivity index (χ2v) is 7.62. The molecule has 3 rings (SSSR count). The van der Waals surface area contributed by atoms with Gasteiger partial charge in [0.25, 0.3) is 5.91 Å². The highest BCUT2D eigenvalue weighted by molar-refractivity contribution is 6.43. The number of nitrogens with one attached hydrogen (secondary N) is 2. The van der Waals surface area contributed by atoms with Crippen LogP contribution in [0.4, 0.5) is 5.69 Å². The molecule has 7 nitrogen and oxygen atoms in total. The van der Waals surface area contributed by atoms with Crippen LogP contribution in [0.3, 0.4) is 0 Å². The minimum absolute atomic E-state index is 0.123. The maximum absolute atomic E-state index is 12.6. The molecule has 1 heterocycles. The van der Waals surface area contributed by atoms with Gasteiger partial charge in [0, 0.05) is 11.9 Å². The third-order valence-corrected chi connectivity index (χ3v) is 5.32. The number of nitrogens with zero attached hydrogens (tertiary/aromatic N) is 2. The zero-order valence-electron chi connectivity index (χ0n) is 17.1. The Balaban J connectivity index is 1.66. The normalized spacial score (nSPS) is 11.2. The molecule has 2 amide bonds. The van der Waals surface area contributed by atoms with Crippen LogP contribution in [-0.2, 0) is 4.79 Å². The SMILES string of the molecule is Cc1cc(Oc2ncccc2C#N)ccc1NC(=O)C(C)NC(=O)c1cccc(Cl)c1Cl. The van der Waals surface area contributed by atoms with Crippen molar-refractivity contribution in [2.45, 2.75) is 19.9 Å². The van der Waals surface area contributed by atoms with Crippen molar-refractivity contribution in [3.05, 3.63) is 81.5 Å². The van der Waals surface area contributed by atoms with Crippen molar-refractivity contribution in [1.29, 1.82) is 5.26 Å². The number of halogens is 2. The number of benzene rings is 2. The van der Waals surface area contributed by atoms with E-state index in [0.717, 1.165) is 5.56 Å². The Morgan fingerprint density at radius 1 is 1.16 bits per heavy atom. The summed E-state index contributed by atoms with van der Waals surface area (Å²) in [5.74, 6) is -0.260. The average Bonchev–Trinajstić information content (AvgIpc) is 2.77. The zero-order valence-corrected chi connectivity index (χ0v) is 18.7. The summed E-state index contributed by atoms with van der Waals surface area (Å²) in [4.78, 5) is 29.1. The molecule has 0 bridgehead atoms. The molecule has 2 N–H and O–H groups in total. The number of aryl methyl sites for hydroxylation is 1. The third-order valence-electron chi connectivity index (χ3n) is 4.50. The number of rotatable bonds is 6. The van der Waals surface area contributed by atoms with E-state index in [4.69, 9.17) is 33.2 Å². The van der Waals surface area contributed by atoms with E-state index < -0.39 is 17.9 Å². The number of amides is 2. The van der Waals surface area contributed by atoms with E-state index in [1.807, 2.05) is 6.07 Å². The molecule has 0 saturated carbocycles. The van der Waals surface area contributed by atoms with Crippen molar-refractivity contribution in [2.24, 2.45) is 0 Å². The molecule has 1 unspecified atom stereocenters. The fourth-order valence-electron chi connectivity index (χ4n) is 2.77. The van der Waals surface area contributed by atoms with Gasteiger partial charge >= 0.3 is 0 Å². The zero-order chi connectivity index (χ0) is 23.3. The smallest absolute Gasteiger partial charge is 0.253 e. The first-order valence-corrected chi connectivity index (χ1v) is 10.2. The lowest BCUT2D eigenvalue weighted by molar-refractivity contribution is -0.117. The second kappa shape index (κ2) is 10.1. The number of nitriles is 1. The summed E-state index contributed by atoms with van der Waals surface area (Å²) in [5, 5.41) is 14.9. The molecule has 0 spiro atoms. The Bertz CT molecular complexity index is 1220. The minimum atomic E-state index is -0.834. The first kappa shape index (κ1) is 23.1. The van der Waals surface area contributed by atoms with Gasteiger partial charge in [-0.15, -0.1) is 0 Å². The van der Waals surface area contributed by atoms with Gasteiger partial charge in [0.15, 0.2) is 0 Å². The van der Waals surface area contributed by atoms with Gasteiger partial charge in [-0.25, -0.2) is 4.98 Å². The number of aromatic nitrogens is 1. The van der Waals surface area contributed by atoms with E-state index in [1.54, 1.807) is 56.3 Å². The number of hydrogen-bond acceptors (Lipinski definition) is 5. The minimum Gasteiger partial charge on any atom is -0.438 e. The van der Waals surface area contributed by atoms with E-state index in [-0.39, 0.29) is 21.5 Å². The molecule has 0 aliphatic heterocycles. The van der Waals surface area contributed by atoms with Crippen LogP contribution >= 0.6 is 23.2 Å². The number of carbonyl (C=O) groups is 2. The van der Waals surface area contributed by atoms with E-state index >= 15 is 0 Å². The van der Waals surface area contributed by atoms with Crippen molar-refractivity contribution >= 4 is 40.7 Å². The Hall–Kier alpha value is -3.60. The van der Waals surface area contributed by atoms with E-state index in [1.165, 1.54) is 12.3 Å². The number of hydrogen-bond donors (Lipinski definition) is 2. The highest BCUT2D eigenvalue weighted by Gasteiger charge is 2.20. The predicted molar refractivity (Wildman–Crippen MR) is 122 cm³/mol. The summed E-state index contributed by atoms with van der Waals surface area (Å²) in [6.07, 6.45) is 1.53. The number of carbonyl (C=O) groups excluding carboxylic acids is 2. The van der Waals surface area contributed by atoms with Crippen molar-refractivity contribution in [3.8, 4) is 17.7 Å². The molecular weight excluding hydrogens is 451 g/mol. The summed E-state index contributed by atoms with van der Waals surface area (Å²) in [7, 11) is 0. The molecule has 0 aliphatic rings. The van der Waals surface area contributed by atoms with Crippen LogP contribution < -0.4 is 15.4 Å². The van der Waals surface area contributed by atoms with Crippen LogP contribution in [-0.4, -0.2) is 22.8 Å². The predicted octanol–water partition coefficient (Wildman–Crippen LogP) is 5.12. The quantitative estimate of drug-likeness (QED) is 0.522. The van der Waals surface area contributed by atoms with Gasteiger partial charge in [-0.05, 0) is 61.9 Å². The Morgan fingerprint density at radius 3 is 2.66 bits per heavy atom. The van der Waals surface area contributed by atoms with Gasteiger partial charge in [0.1, 0.15) is 23.4 Å². The molecule has 1 aromatic heterocycles. The van der Waals surface area contributed by atoms with Gasteiger partial charge < -0.3 is 15.4 Å². The molecular formula is C23H18Cl2N4O3. The summed E-state index contributed by atoms with van der Waals surface area (Å²) in [6.45, 7) is 3.35.